The number of amides is 1. The van der Waals surface area contributed by atoms with Gasteiger partial charge >= 0.3 is 29.6 Å². The second-order valence-electron chi connectivity index (χ2n) is 8.10. The first-order valence-corrected chi connectivity index (χ1v) is 13.3. The van der Waals surface area contributed by atoms with Gasteiger partial charge in [-0.25, -0.2) is 0 Å². The molecule has 0 fully saturated rings. The monoisotopic (exact) mass is 595 g/mol. The van der Waals surface area contributed by atoms with Gasteiger partial charge in [0.05, 0.1) is 32.9 Å². The fraction of sp³-hybridized carbons (Fsp3) is 0.115. The molecule has 0 atom stereocenters. The van der Waals surface area contributed by atoms with Crippen LogP contribution >= 0.6 is 23.2 Å². The number of nitrogens with zero attached hydrogens (tertiary/aromatic N) is 2. The maximum absolute atomic E-state index is 13.4. The van der Waals surface area contributed by atoms with Crippen LogP contribution < -0.4 is 44.7 Å². The van der Waals surface area contributed by atoms with Crippen molar-refractivity contribution in [1.29, 1.82) is 0 Å². The number of hydrogen-bond acceptors (Lipinski definition) is 7. The van der Waals surface area contributed by atoms with Crippen LogP contribution in [-0.2, 0) is 10.1 Å². The third kappa shape index (κ3) is 6.90. The Hall–Kier alpha value is -2.70. The number of hydrogen-bond donors (Lipinski definition) is 2. The molecule has 2 N–H and O–H groups in total. The number of ether oxygens (including phenoxy) is 1. The Bertz CT molecular complexity index is 1710. The average Bonchev–Trinajstić information content (AvgIpc) is 2.85. The van der Waals surface area contributed by atoms with Gasteiger partial charge in [-0.1, -0.05) is 53.2 Å². The van der Waals surface area contributed by atoms with E-state index in [9.17, 15) is 22.9 Å². The number of benzene rings is 4. The molecule has 4 aromatic carbocycles. The van der Waals surface area contributed by atoms with Gasteiger partial charge in [0.15, 0.2) is 0 Å². The fourth-order valence-corrected chi connectivity index (χ4v) is 4.87. The van der Waals surface area contributed by atoms with E-state index in [0.717, 1.165) is 6.07 Å². The Kier molecular flexibility index (Phi) is 10.0. The molecule has 0 heterocycles. The summed E-state index contributed by atoms with van der Waals surface area (Å²) in [5, 5.41) is 25.3. The van der Waals surface area contributed by atoms with E-state index >= 15 is 0 Å². The largest absolute Gasteiger partial charge is 1.00 e. The number of carbonyl (C=O) groups excluding carboxylic acids is 1. The second kappa shape index (κ2) is 12.6. The van der Waals surface area contributed by atoms with E-state index in [1.165, 1.54) is 19.1 Å². The van der Waals surface area contributed by atoms with E-state index < -0.39 is 26.7 Å². The van der Waals surface area contributed by atoms with Crippen LogP contribution in [0.25, 0.3) is 10.8 Å². The summed E-state index contributed by atoms with van der Waals surface area (Å²) in [6, 6.07) is 15.3. The topological polar surface area (TPSA) is 140 Å². The van der Waals surface area contributed by atoms with Crippen molar-refractivity contribution in [3.8, 4) is 11.5 Å². The van der Waals surface area contributed by atoms with Crippen molar-refractivity contribution in [2.24, 2.45) is 10.2 Å². The van der Waals surface area contributed by atoms with Crippen molar-refractivity contribution in [2.75, 3.05) is 11.9 Å². The van der Waals surface area contributed by atoms with Crippen molar-refractivity contribution in [2.45, 2.75) is 18.7 Å². The average molecular weight is 596 g/mol. The van der Waals surface area contributed by atoms with Crippen LogP contribution in [0.2, 0.25) is 10.0 Å². The number of nitrogens with one attached hydrogen (secondary N) is 1. The molecule has 0 aliphatic heterocycles. The van der Waals surface area contributed by atoms with Gasteiger partial charge in [0.25, 0.3) is 16.0 Å². The van der Waals surface area contributed by atoms with Crippen LogP contribution in [0.5, 0.6) is 11.5 Å². The fourth-order valence-electron chi connectivity index (χ4n) is 3.72. The van der Waals surface area contributed by atoms with Gasteiger partial charge in [-0.15, -0.1) is 5.11 Å². The van der Waals surface area contributed by atoms with Crippen molar-refractivity contribution in [1.82, 2.24) is 0 Å². The Balaban J connectivity index is 0.00000420. The maximum atomic E-state index is 13.4. The predicted octanol–water partition coefficient (Wildman–Crippen LogP) is 3.85. The van der Waals surface area contributed by atoms with Gasteiger partial charge in [-0.3, -0.25) is 9.35 Å². The van der Waals surface area contributed by atoms with Gasteiger partial charge in [0.1, 0.15) is 11.4 Å². The van der Waals surface area contributed by atoms with E-state index in [0.29, 0.717) is 23.1 Å². The Labute approximate surface area is 256 Å². The third-order valence-corrected chi connectivity index (χ3v) is 7.13. The zero-order valence-corrected chi connectivity index (χ0v) is 25.4. The van der Waals surface area contributed by atoms with E-state index in [2.05, 4.69) is 15.5 Å². The number of rotatable bonds is 7. The van der Waals surface area contributed by atoms with E-state index in [1.807, 2.05) is 6.92 Å². The van der Waals surface area contributed by atoms with Crippen LogP contribution in [0.3, 0.4) is 0 Å². The van der Waals surface area contributed by atoms with Crippen molar-refractivity contribution < 1.29 is 57.2 Å². The summed E-state index contributed by atoms with van der Waals surface area (Å²) in [5.74, 6) is -0.961. The van der Waals surface area contributed by atoms with Crippen molar-refractivity contribution in [3.63, 3.8) is 0 Å². The molecule has 13 heteroatoms. The zero-order valence-electron chi connectivity index (χ0n) is 21.0. The molecule has 0 saturated heterocycles. The van der Waals surface area contributed by atoms with Crippen molar-refractivity contribution in [3.05, 3.63) is 81.8 Å². The number of halogens is 2. The van der Waals surface area contributed by atoms with Crippen LogP contribution in [0.1, 0.15) is 22.8 Å². The minimum Gasteiger partial charge on any atom is -0.870 e. The first-order valence-electron chi connectivity index (χ1n) is 11.2. The van der Waals surface area contributed by atoms with E-state index in [1.54, 1.807) is 42.5 Å². The van der Waals surface area contributed by atoms with Gasteiger partial charge < -0.3 is 15.2 Å². The SMILES string of the molecule is CCOc1ccc(Cl)c(NC(=O)c2cc3ccccc3c(N=Nc3cc(S(=O)(=O)O)c(C)cc3Cl)c2[O-])c1.[Na+]. The Morgan fingerprint density at radius 2 is 1.77 bits per heavy atom. The summed E-state index contributed by atoms with van der Waals surface area (Å²) in [6.07, 6.45) is 0. The van der Waals surface area contributed by atoms with E-state index in [-0.39, 0.29) is 67.8 Å². The Morgan fingerprint density at radius 1 is 1.05 bits per heavy atom. The third-order valence-electron chi connectivity index (χ3n) is 5.50. The summed E-state index contributed by atoms with van der Waals surface area (Å²) in [4.78, 5) is 12.8. The summed E-state index contributed by atoms with van der Waals surface area (Å²) >= 11 is 12.4. The smallest absolute Gasteiger partial charge is 0.870 e. The number of carbonyl (C=O) groups is 1. The van der Waals surface area contributed by atoms with Gasteiger partial charge in [0, 0.05) is 17.0 Å². The summed E-state index contributed by atoms with van der Waals surface area (Å²) in [5.41, 5.74) is -0.0148. The standard InChI is InChI=1S/C26H21Cl2N3O6S.Na/c1-3-37-16-8-9-19(27)21(12-16)29-26(33)18-11-15-6-4-5-7-17(15)24(25(18)32)31-30-22-13-23(38(34,35)36)14(2)10-20(22)28;/h4-13,32H,3H2,1-2H3,(H,29,33)(H,34,35,36);/q;+1/p-1. The molecule has 0 spiro atoms. The first-order chi connectivity index (χ1) is 18.0. The molecule has 0 aliphatic carbocycles. The number of anilines is 1. The molecule has 1 amide bonds. The second-order valence-corrected chi connectivity index (χ2v) is 10.3. The van der Waals surface area contributed by atoms with Crippen molar-refractivity contribution >= 4 is 67.1 Å². The maximum Gasteiger partial charge on any atom is 1.00 e. The minimum atomic E-state index is -4.55. The van der Waals surface area contributed by atoms with Crippen LogP contribution in [0.15, 0.2) is 75.8 Å². The molecule has 0 aliphatic rings. The molecule has 9 nitrogen and oxygen atoms in total. The first kappa shape index (κ1) is 30.8. The molecule has 4 rings (SSSR count). The number of fused-ring (bicyclic) bond motifs is 1. The normalized spacial score (nSPS) is 11.4. The molecule has 4 aromatic rings. The van der Waals surface area contributed by atoms with Gasteiger partial charge in [-0.2, -0.15) is 13.5 Å². The molecule has 39 heavy (non-hydrogen) atoms. The van der Waals surface area contributed by atoms with E-state index in [4.69, 9.17) is 27.9 Å². The molecular formula is C26H20Cl2N3NaO6S. The molecule has 196 valence electrons. The quantitative estimate of drug-likeness (QED) is 0.189. The van der Waals surface area contributed by atoms with Crippen LogP contribution in [-0.4, -0.2) is 25.5 Å². The summed E-state index contributed by atoms with van der Waals surface area (Å²) in [6.45, 7) is 3.68. The summed E-state index contributed by atoms with van der Waals surface area (Å²) < 4.78 is 38.3. The molecule has 0 aromatic heterocycles. The van der Waals surface area contributed by atoms with Gasteiger partial charge in [0.2, 0.25) is 0 Å². The predicted molar refractivity (Wildman–Crippen MR) is 144 cm³/mol. The number of azo groups is 1. The molecule has 0 saturated carbocycles. The van der Waals surface area contributed by atoms with Gasteiger partial charge in [-0.05, 0) is 55.1 Å². The minimum absolute atomic E-state index is 0. The molecule has 0 radical (unpaired) electrons. The Morgan fingerprint density at radius 3 is 2.46 bits per heavy atom. The summed E-state index contributed by atoms with van der Waals surface area (Å²) in [7, 11) is -4.55. The van der Waals surface area contributed by atoms with Crippen LogP contribution in [0, 0.1) is 6.92 Å². The van der Waals surface area contributed by atoms with Crippen LogP contribution in [0.4, 0.5) is 17.1 Å². The molecule has 0 unspecified atom stereocenters. The molecule has 0 bridgehead atoms. The molecular weight excluding hydrogens is 576 g/mol. The zero-order chi connectivity index (χ0) is 27.6. The number of aryl methyl sites for hydroxylation is 1.